The minimum atomic E-state index is -0.0937. The average molecular weight is 245 g/mol. The summed E-state index contributed by atoms with van der Waals surface area (Å²) in [6, 6.07) is 0. The minimum Gasteiger partial charge on any atom is -0.383 e. The highest BCUT2D eigenvalue weighted by Crippen LogP contribution is 2.10. The number of carbonyl (C=O) groups is 1. The highest BCUT2D eigenvalue weighted by atomic mass is 16.1. The molecule has 0 aromatic carbocycles. The van der Waals surface area contributed by atoms with Gasteiger partial charge in [-0.2, -0.15) is 10.1 Å². The van der Waals surface area contributed by atoms with Gasteiger partial charge < -0.3 is 4.90 Å². The zero-order valence-corrected chi connectivity index (χ0v) is 10.9. The Bertz CT molecular complexity index is 627. The van der Waals surface area contributed by atoms with Crippen molar-refractivity contribution in [2.75, 3.05) is 14.1 Å². The van der Waals surface area contributed by atoms with E-state index in [0.29, 0.717) is 17.2 Å². The number of aromatic nitrogens is 4. The number of allylic oxidation sites excluding steroid dienone is 1. The lowest BCUT2D eigenvalue weighted by atomic mass is 10.1. The van der Waals surface area contributed by atoms with E-state index in [1.807, 2.05) is 21.0 Å². The molecule has 0 unspecified atom stereocenters. The molecule has 94 valence electrons. The topological polar surface area (TPSA) is 63.4 Å². The fourth-order valence-electron chi connectivity index (χ4n) is 1.59. The predicted molar refractivity (Wildman–Crippen MR) is 67.4 cm³/mol. The highest BCUT2D eigenvalue weighted by molar-refractivity contribution is 6.05. The van der Waals surface area contributed by atoms with Crippen molar-refractivity contribution in [1.82, 2.24) is 24.5 Å². The first-order valence-electron chi connectivity index (χ1n) is 5.57. The molecule has 0 spiro atoms. The number of hydrogen-bond donors (Lipinski definition) is 0. The molecule has 0 N–H and O–H groups in total. The van der Waals surface area contributed by atoms with Gasteiger partial charge in [0, 0.05) is 32.6 Å². The van der Waals surface area contributed by atoms with Gasteiger partial charge in [-0.1, -0.05) is 0 Å². The molecule has 18 heavy (non-hydrogen) atoms. The number of ketones is 1. The molecule has 0 saturated carbocycles. The second kappa shape index (κ2) is 4.56. The lowest BCUT2D eigenvalue weighted by Gasteiger charge is -2.05. The number of nitrogens with zero attached hydrogens (tertiary/aromatic N) is 5. The van der Waals surface area contributed by atoms with E-state index in [1.54, 1.807) is 28.7 Å². The van der Waals surface area contributed by atoms with Crippen LogP contribution in [0.25, 0.3) is 5.78 Å². The van der Waals surface area contributed by atoms with Crippen LogP contribution in [-0.4, -0.2) is 44.4 Å². The first-order valence-corrected chi connectivity index (χ1v) is 5.57. The summed E-state index contributed by atoms with van der Waals surface area (Å²) < 4.78 is 1.59. The van der Waals surface area contributed by atoms with Crippen molar-refractivity contribution in [2.45, 2.75) is 13.8 Å². The maximum atomic E-state index is 12.0. The van der Waals surface area contributed by atoms with E-state index in [4.69, 9.17) is 0 Å². The molecule has 2 heterocycles. The second-order valence-corrected chi connectivity index (χ2v) is 4.27. The van der Waals surface area contributed by atoms with Crippen LogP contribution in [0.5, 0.6) is 0 Å². The third-order valence-electron chi connectivity index (χ3n) is 2.50. The first kappa shape index (κ1) is 12.2. The molecule has 6 nitrogen and oxygen atoms in total. The van der Waals surface area contributed by atoms with Crippen LogP contribution in [0.1, 0.15) is 21.9 Å². The van der Waals surface area contributed by atoms with Crippen molar-refractivity contribution in [3.8, 4) is 0 Å². The van der Waals surface area contributed by atoms with Crippen LogP contribution in [-0.2, 0) is 0 Å². The number of hydrogen-bond acceptors (Lipinski definition) is 5. The van der Waals surface area contributed by atoms with Gasteiger partial charge in [0.2, 0.25) is 0 Å². The monoisotopic (exact) mass is 245 g/mol. The number of carbonyl (C=O) groups excluding carboxylic acids is 1. The normalized spacial score (nSPS) is 11.3. The Hall–Kier alpha value is -2.24. The molecule has 2 rings (SSSR count). The van der Waals surface area contributed by atoms with Crippen molar-refractivity contribution in [3.05, 3.63) is 35.6 Å². The Morgan fingerprint density at radius 2 is 2.11 bits per heavy atom. The minimum absolute atomic E-state index is 0.0937. The summed E-state index contributed by atoms with van der Waals surface area (Å²) in [7, 11) is 3.72. The van der Waals surface area contributed by atoms with Gasteiger partial charge in [0.25, 0.3) is 5.78 Å². The van der Waals surface area contributed by atoms with E-state index < -0.39 is 0 Å². The summed E-state index contributed by atoms with van der Waals surface area (Å²) in [5.74, 6) is 1.06. The molecule has 0 saturated heterocycles. The van der Waals surface area contributed by atoms with Crippen LogP contribution < -0.4 is 0 Å². The lowest BCUT2D eigenvalue weighted by molar-refractivity contribution is 0.104. The quantitative estimate of drug-likeness (QED) is 0.596. The largest absolute Gasteiger partial charge is 0.383 e. The standard InChI is InChI=1S/C12H15N5O/c1-8-10(11(18)5-6-16(3)4)7-13-12-14-9(2)15-17(8)12/h5-7H,1-4H3. The van der Waals surface area contributed by atoms with E-state index >= 15 is 0 Å². The molecule has 0 radical (unpaired) electrons. The fourth-order valence-corrected chi connectivity index (χ4v) is 1.59. The first-order chi connectivity index (χ1) is 8.49. The summed E-state index contributed by atoms with van der Waals surface area (Å²) in [5.41, 5.74) is 1.28. The molecule has 2 aromatic rings. The number of aryl methyl sites for hydroxylation is 2. The van der Waals surface area contributed by atoms with Crippen molar-refractivity contribution >= 4 is 11.6 Å². The molecule has 0 aliphatic rings. The summed E-state index contributed by atoms with van der Waals surface area (Å²) in [4.78, 5) is 22.1. The smallest absolute Gasteiger partial charge is 0.252 e. The maximum Gasteiger partial charge on any atom is 0.252 e. The number of fused-ring (bicyclic) bond motifs is 1. The zero-order chi connectivity index (χ0) is 13.3. The van der Waals surface area contributed by atoms with E-state index in [2.05, 4.69) is 15.1 Å². The molecule has 6 heteroatoms. The van der Waals surface area contributed by atoms with Crippen molar-refractivity contribution in [2.24, 2.45) is 0 Å². The SMILES string of the molecule is Cc1nc2ncc(C(=O)C=CN(C)C)c(C)n2n1. The van der Waals surface area contributed by atoms with E-state index in [9.17, 15) is 4.79 Å². The average Bonchev–Trinajstić information content (AvgIpc) is 2.68. The molecular weight excluding hydrogens is 230 g/mol. The maximum absolute atomic E-state index is 12.0. The highest BCUT2D eigenvalue weighted by Gasteiger charge is 2.12. The van der Waals surface area contributed by atoms with Gasteiger partial charge in [-0.05, 0) is 13.8 Å². The Morgan fingerprint density at radius 3 is 2.78 bits per heavy atom. The van der Waals surface area contributed by atoms with E-state index in [1.165, 1.54) is 6.08 Å². The molecule has 0 atom stereocenters. The Kier molecular flexibility index (Phi) is 3.10. The molecule has 2 aromatic heterocycles. The van der Waals surface area contributed by atoms with E-state index in [-0.39, 0.29) is 5.78 Å². The Balaban J connectivity index is 2.45. The van der Waals surface area contributed by atoms with Crippen molar-refractivity contribution in [3.63, 3.8) is 0 Å². The van der Waals surface area contributed by atoms with Gasteiger partial charge in [-0.3, -0.25) is 4.79 Å². The summed E-state index contributed by atoms with van der Waals surface area (Å²) in [6.45, 7) is 3.63. The van der Waals surface area contributed by atoms with E-state index in [0.717, 1.165) is 5.69 Å². The summed E-state index contributed by atoms with van der Waals surface area (Å²) >= 11 is 0. The van der Waals surface area contributed by atoms with Gasteiger partial charge in [-0.15, -0.1) is 0 Å². The summed E-state index contributed by atoms with van der Waals surface area (Å²) in [5, 5.41) is 4.21. The molecule has 0 fully saturated rings. The zero-order valence-electron chi connectivity index (χ0n) is 10.9. The molecule has 0 bridgehead atoms. The van der Waals surface area contributed by atoms with Crippen LogP contribution in [0.3, 0.4) is 0 Å². The molecule has 0 aliphatic carbocycles. The van der Waals surface area contributed by atoms with Gasteiger partial charge >= 0.3 is 0 Å². The second-order valence-electron chi connectivity index (χ2n) is 4.27. The molecular formula is C12H15N5O. The third-order valence-corrected chi connectivity index (χ3v) is 2.50. The van der Waals surface area contributed by atoms with Crippen LogP contribution in [0.2, 0.25) is 0 Å². The molecule has 0 aliphatic heterocycles. The van der Waals surface area contributed by atoms with Crippen LogP contribution >= 0.6 is 0 Å². The van der Waals surface area contributed by atoms with Crippen molar-refractivity contribution < 1.29 is 4.79 Å². The molecule has 0 amide bonds. The fraction of sp³-hybridized carbons (Fsp3) is 0.333. The summed E-state index contributed by atoms with van der Waals surface area (Å²) in [6.07, 6.45) is 4.76. The number of rotatable bonds is 3. The lowest BCUT2D eigenvalue weighted by Crippen LogP contribution is -2.08. The van der Waals surface area contributed by atoms with Gasteiger partial charge in [0.15, 0.2) is 5.78 Å². The van der Waals surface area contributed by atoms with Crippen LogP contribution in [0.15, 0.2) is 18.5 Å². The van der Waals surface area contributed by atoms with Crippen LogP contribution in [0, 0.1) is 13.8 Å². The van der Waals surface area contributed by atoms with Gasteiger partial charge in [0.05, 0.1) is 11.3 Å². The Morgan fingerprint density at radius 1 is 1.39 bits per heavy atom. The predicted octanol–water partition coefficient (Wildman–Crippen LogP) is 0.999. The third kappa shape index (κ3) is 2.22. The van der Waals surface area contributed by atoms with Crippen LogP contribution in [0.4, 0.5) is 0 Å². The Labute approximate surface area is 105 Å². The van der Waals surface area contributed by atoms with Gasteiger partial charge in [0.1, 0.15) is 5.82 Å². The van der Waals surface area contributed by atoms with Gasteiger partial charge in [-0.25, -0.2) is 9.50 Å². The van der Waals surface area contributed by atoms with Crippen molar-refractivity contribution in [1.29, 1.82) is 0 Å².